The van der Waals surface area contributed by atoms with Crippen molar-refractivity contribution < 1.29 is 0 Å². The lowest BCUT2D eigenvalue weighted by Crippen LogP contribution is -2.00. The number of hydrogen-bond donors (Lipinski definition) is 2. The van der Waals surface area contributed by atoms with Crippen LogP contribution in [0, 0.1) is 5.92 Å². The van der Waals surface area contributed by atoms with Crippen LogP contribution >= 0.6 is 0 Å². The van der Waals surface area contributed by atoms with Gasteiger partial charge >= 0.3 is 0 Å². The Morgan fingerprint density at radius 2 is 1.56 bits per heavy atom. The lowest BCUT2D eigenvalue weighted by Gasteiger charge is -2.05. The van der Waals surface area contributed by atoms with Crippen LogP contribution in [0.1, 0.15) is 27.7 Å². The molecule has 2 heteroatoms. The molecular formula is C7H18N2. The molecule has 5 N–H and O–H groups in total. The Morgan fingerprint density at radius 1 is 1.22 bits per heavy atom. The molecule has 0 aliphatic carbocycles. The van der Waals surface area contributed by atoms with Crippen molar-refractivity contribution in [2.75, 3.05) is 0 Å². The summed E-state index contributed by atoms with van der Waals surface area (Å²) in [5.74, 6) is 0.597. The molecule has 0 aromatic carbocycles. The van der Waals surface area contributed by atoms with Crippen molar-refractivity contribution in [3.63, 3.8) is 0 Å². The molecule has 9 heavy (non-hydrogen) atoms. The van der Waals surface area contributed by atoms with Gasteiger partial charge in [-0.25, -0.2) is 0 Å². The fourth-order valence-corrected chi connectivity index (χ4v) is 0.455. The first-order chi connectivity index (χ1) is 3.55. The van der Waals surface area contributed by atoms with E-state index in [1.54, 1.807) is 0 Å². The van der Waals surface area contributed by atoms with E-state index < -0.39 is 0 Å². The summed E-state index contributed by atoms with van der Waals surface area (Å²) in [5.41, 5.74) is 7.77. The third kappa shape index (κ3) is 4.03. The zero-order valence-electron chi connectivity index (χ0n) is 6.86. The van der Waals surface area contributed by atoms with Gasteiger partial charge in [-0.05, 0) is 19.8 Å². The van der Waals surface area contributed by atoms with Crippen molar-refractivity contribution in [3.05, 3.63) is 11.3 Å². The molecule has 0 aliphatic heterocycles. The van der Waals surface area contributed by atoms with Crippen molar-refractivity contribution in [3.8, 4) is 0 Å². The van der Waals surface area contributed by atoms with Crippen molar-refractivity contribution in [1.29, 1.82) is 0 Å². The van der Waals surface area contributed by atoms with Gasteiger partial charge in [0.05, 0.1) is 0 Å². The van der Waals surface area contributed by atoms with Gasteiger partial charge in [0.25, 0.3) is 0 Å². The molecule has 0 aromatic rings. The standard InChI is InChI=1S/C7H15N.H3N/c1-5(2)6(3)7(4)8;/h5H,8H2,1-4H3;1H3. The Bertz CT molecular complexity index is 99.5. The Labute approximate surface area is 57.7 Å². The van der Waals surface area contributed by atoms with Gasteiger partial charge in [0, 0.05) is 5.70 Å². The van der Waals surface area contributed by atoms with Crippen LogP contribution in [0.4, 0.5) is 0 Å². The minimum atomic E-state index is 0. The maximum absolute atomic E-state index is 5.52. The highest BCUT2D eigenvalue weighted by atomic mass is 14.6. The number of hydrogen-bond acceptors (Lipinski definition) is 2. The van der Waals surface area contributed by atoms with Crippen LogP contribution in [0.3, 0.4) is 0 Å². The van der Waals surface area contributed by atoms with Gasteiger partial charge in [0.2, 0.25) is 0 Å². The largest absolute Gasteiger partial charge is 0.402 e. The topological polar surface area (TPSA) is 61.0 Å². The van der Waals surface area contributed by atoms with Crippen LogP contribution in [0.15, 0.2) is 11.3 Å². The molecule has 0 saturated carbocycles. The molecular weight excluding hydrogens is 112 g/mol. The second-order valence-corrected chi connectivity index (χ2v) is 2.52. The predicted molar refractivity (Wildman–Crippen MR) is 42.4 cm³/mol. The molecule has 0 radical (unpaired) electrons. The van der Waals surface area contributed by atoms with Gasteiger partial charge in [0.1, 0.15) is 0 Å². The van der Waals surface area contributed by atoms with E-state index in [4.69, 9.17) is 5.73 Å². The maximum Gasteiger partial charge on any atom is 0.00405 e. The summed E-state index contributed by atoms with van der Waals surface area (Å²) in [4.78, 5) is 0. The van der Waals surface area contributed by atoms with Gasteiger partial charge in [-0.3, -0.25) is 0 Å². The van der Waals surface area contributed by atoms with Gasteiger partial charge < -0.3 is 11.9 Å². The normalized spacial score (nSPS) is 12.6. The highest BCUT2D eigenvalue weighted by molar-refractivity contribution is 5.07. The summed E-state index contributed by atoms with van der Waals surface area (Å²) in [6, 6.07) is 0. The van der Waals surface area contributed by atoms with Gasteiger partial charge in [-0.15, -0.1) is 0 Å². The molecule has 0 amide bonds. The second-order valence-electron chi connectivity index (χ2n) is 2.52. The molecule has 0 saturated heterocycles. The van der Waals surface area contributed by atoms with E-state index >= 15 is 0 Å². The smallest absolute Gasteiger partial charge is 0.00405 e. The third-order valence-electron chi connectivity index (χ3n) is 1.49. The minimum Gasteiger partial charge on any atom is -0.402 e. The molecule has 0 aliphatic rings. The van der Waals surface area contributed by atoms with Crippen molar-refractivity contribution in [1.82, 2.24) is 6.15 Å². The average molecular weight is 130 g/mol. The second kappa shape index (κ2) is 4.39. The lowest BCUT2D eigenvalue weighted by molar-refractivity contribution is 0.754. The van der Waals surface area contributed by atoms with E-state index in [2.05, 4.69) is 20.8 Å². The summed E-state index contributed by atoms with van der Waals surface area (Å²) >= 11 is 0. The first-order valence-corrected chi connectivity index (χ1v) is 2.98. The van der Waals surface area contributed by atoms with Crippen LogP contribution in [-0.4, -0.2) is 0 Å². The summed E-state index contributed by atoms with van der Waals surface area (Å²) in [6.07, 6.45) is 0. The van der Waals surface area contributed by atoms with Crippen LogP contribution in [-0.2, 0) is 0 Å². The molecule has 0 fully saturated rings. The first kappa shape index (κ1) is 11.3. The Hall–Kier alpha value is -0.500. The monoisotopic (exact) mass is 130 g/mol. The van der Waals surface area contributed by atoms with Gasteiger partial charge in [-0.1, -0.05) is 19.4 Å². The van der Waals surface area contributed by atoms with Crippen molar-refractivity contribution in [2.45, 2.75) is 27.7 Å². The van der Waals surface area contributed by atoms with Crippen molar-refractivity contribution >= 4 is 0 Å². The molecule has 0 atom stereocenters. The molecule has 0 heterocycles. The van der Waals surface area contributed by atoms with Crippen LogP contribution in [0.25, 0.3) is 0 Å². The number of nitrogens with two attached hydrogens (primary N) is 1. The van der Waals surface area contributed by atoms with Crippen LogP contribution in [0.2, 0.25) is 0 Å². The van der Waals surface area contributed by atoms with Crippen LogP contribution < -0.4 is 11.9 Å². The number of rotatable bonds is 1. The molecule has 0 unspecified atom stereocenters. The van der Waals surface area contributed by atoms with E-state index in [9.17, 15) is 0 Å². The van der Waals surface area contributed by atoms with E-state index in [0.717, 1.165) is 5.70 Å². The molecule has 2 nitrogen and oxygen atoms in total. The average Bonchev–Trinajstić information content (AvgIpc) is 1.64. The highest BCUT2D eigenvalue weighted by Gasteiger charge is 1.96. The quantitative estimate of drug-likeness (QED) is 0.570. The van der Waals surface area contributed by atoms with Gasteiger partial charge in [0.15, 0.2) is 0 Å². The zero-order chi connectivity index (χ0) is 6.73. The Balaban J connectivity index is 0. The highest BCUT2D eigenvalue weighted by Crippen LogP contribution is 2.09. The molecule has 0 bridgehead atoms. The summed E-state index contributed by atoms with van der Waals surface area (Å²) in [7, 11) is 0. The fraction of sp³-hybridized carbons (Fsp3) is 0.714. The lowest BCUT2D eigenvalue weighted by atomic mass is 10.0. The van der Waals surface area contributed by atoms with E-state index in [0.29, 0.717) is 5.92 Å². The van der Waals surface area contributed by atoms with E-state index in [1.165, 1.54) is 5.57 Å². The van der Waals surface area contributed by atoms with E-state index in [-0.39, 0.29) is 6.15 Å². The SMILES string of the molecule is CC(N)=C(C)C(C)C.N. The van der Waals surface area contributed by atoms with Crippen molar-refractivity contribution in [2.24, 2.45) is 11.7 Å². The molecule has 0 rings (SSSR count). The minimum absolute atomic E-state index is 0. The summed E-state index contributed by atoms with van der Waals surface area (Å²) < 4.78 is 0. The van der Waals surface area contributed by atoms with E-state index in [1.807, 2.05) is 6.92 Å². The first-order valence-electron chi connectivity index (χ1n) is 2.98. The third-order valence-corrected chi connectivity index (χ3v) is 1.49. The summed E-state index contributed by atoms with van der Waals surface area (Å²) in [5, 5.41) is 0. The summed E-state index contributed by atoms with van der Waals surface area (Å²) in [6.45, 7) is 8.30. The zero-order valence-corrected chi connectivity index (χ0v) is 6.86. The predicted octanol–water partition coefficient (Wildman–Crippen LogP) is 2.06. The number of allylic oxidation sites excluding steroid dienone is 2. The Morgan fingerprint density at radius 3 is 1.56 bits per heavy atom. The fourth-order valence-electron chi connectivity index (χ4n) is 0.455. The molecule has 0 spiro atoms. The maximum atomic E-state index is 5.52. The van der Waals surface area contributed by atoms with Gasteiger partial charge in [-0.2, -0.15) is 0 Å². The molecule has 56 valence electrons. The molecule has 0 aromatic heterocycles. The Kier molecular flexibility index (Phi) is 5.51. The van der Waals surface area contributed by atoms with Crippen LogP contribution in [0.5, 0.6) is 0 Å².